The third-order valence-corrected chi connectivity index (χ3v) is 5.04. The Balaban J connectivity index is 1.95. The molecule has 0 radical (unpaired) electrons. The van der Waals surface area contributed by atoms with Gasteiger partial charge in [0.05, 0.1) is 12.7 Å². The van der Waals surface area contributed by atoms with Crippen molar-refractivity contribution >= 4 is 23.2 Å². The number of halogens is 1. The molecular formula is C21H25ClN2O2. The molecule has 0 aromatic heterocycles. The van der Waals surface area contributed by atoms with E-state index < -0.39 is 0 Å². The van der Waals surface area contributed by atoms with Crippen LogP contribution in [0, 0.1) is 0 Å². The van der Waals surface area contributed by atoms with Crippen LogP contribution in [0.1, 0.15) is 47.8 Å². The highest BCUT2D eigenvalue weighted by molar-refractivity contribution is 6.32. The number of hydrogen-bond acceptors (Lipinski definition) is 3. The molecule has 0 aliphatic carbocycles. The first-order chi connectivity index (χ1) is 12.3. The summed E-state index contributed by atoms with van der Waals surface area (Å²) in [6, 6.07) is 9.57. The summed E-state index contributed by atoms with van der Waals surface area (Å²) in [6.07, 6.45) is 0.895. The Morgan fingerprint density at radius 1 is 1.27 bits per heavy atom. The summed E-state index contributed by atoms with van der Waals surface area (Å²) in [5, 5.41) is 6.96. The number of nitrogens with one attached hydrogen (secondary N) is 2. The molecule has 2 N–H and O–H groups in total. The van der Waals surface area contributed by atoms with Crippen LogP contribution in [-0.2, 0) is 18.4 Å². The first kappa shape index (κ1) is 18.7. The van der Waals surface area contributed by atoms with E-state index in [0.29, 0.717) is 16.3 Å². The van der Waals surface area contributed by atoms with E-state index in [2.05, 4.69) is 37.5 Å². The fourth-order valence-corrected chi connectivity index (χ4v) is 3.76. The summed E-state index contributed by atoms with van der Waals surface area (Å²) in [6.45, 7) is 7.98. The Hall–Kier alpha value is -2.04. The first-order valence-electron chi connectivity index (χ1n) is 8.82. The average molecular weight is 373 g/mol. The van der Waals surface area contributed by atoms with Crippen LogP contribution < -0.4 is 15.4 Å². The lowest BCUT2D eigenvalue weighted by molar-refractivity contribution is 0.102. The third kappa shape index (κ3) is 3.71. The molecule has 1 aliphatic heterocycles. The van der Waals surface area contributed by atoms with E-state index in [0.717, 1.165) is 30.8 Å². The van der Waals surface area contributed by atoms with Gasteiger partial charge in [0.25, 0.3) is 5.91 Å². The normalized spacial score (nSPS) is 13.9. The number of methoxy groups -OCH3 is 1. The molecule has 2 aromatic carbocycles. The number of benzene rings is 2. The molecule has 0 saturated heterocycles. The quantitative estimate of drug-likeness (QED) is 0.831. The van der Waals surface area contributed by atoms with E-state index in [4.69, 9.17) is 16.3 Å². The molecule has 0 unspecified atom stereocenters. The summed E-state index contributed by atoms with van der Waals surface area (Å²) in [4.78, 5) is 12.9. The molecule has 1 heterocycles. The molecule has 2 aromatic rings. The summed E-state index contributed by atoms with van der Waals surface area (Å²) in [7, 11) is 1.57. The van der Waals surface area contributed by atoms with Gasteiger partial charge in [0.2, 0.25) is 0 Å². The standard InChI is InChI=1S/C21H25ClN2O2/c1-21(2,3)16-11-19(26-4)15(10-17(16)22)20(25)24-18-7-5-6-13-12-23-9-8-14(13)18/h5-7,10-11,23H,8-9,12H2,1-4H3,(H,24,25). The number of carbonyl (C=O) groups excluding carboxylic acids is 1. The van der Waals surface area contributed by atoms with Crippen LogP contribution in [0.15, 0.2) is 30.3 Å². The van der Waals surface area contributed by atoms with Crippen molar-refractivity contribution in [1.29, 1.82) is 0 Å². The average Bonchev–Trinajstić information content (AvgIpc) is 2.60. The largest absolute Gasteiger partial charge is 0.496 e. The lowest BCUT2D eigenvalue weighted by Gasteiger charge is -2.23. The minimum atomic E-state index is -0.212. The van der Waals surface area contributed by atoms with Crippen molar-refractivity contribution in [2.45, 2.75) is 39.2 Å². The van der Waals surface area contributed by atoms with Gasteiger partial charge in [-0.3, -0.25) is 4.79 Å². The number of anilines is 1. The van der Waals surface area contributed by atoms with Gasteiger partial charge in [-0.25, -0.2) is 0 Å². The molecule has 1 amide bonds. The van der Waals surface area contributed by atoms with Crippen molar-refractivity contribution < 1.29 is 9.53 Å². The fourth-order valence-electron chi connectivity index (χ4n) is 3.31. The van der Waals surface area contributed by atoms with E-state index in [1.165, 1.54) is 11.1 Å². The topological polar surface area (TPSA) is 50.4 Å². The molecule has 26 heavy (non-hydrogen) atoms. The second kappa shape index (κ2) is 7.29. The highest BCUT2D eigenvalue weighted by Gasteiger charge is 2.23. The molecule has 0 bridgehead atoms. The van der Waals surface area contributed by atoms with Crippen LogP contribution >= 0.6 is 11.6 Å². The number of amides is 1. The van der Waals surface area contributed by atoms with Crippen molar-refractivity contribution in [3.63, 3.8) is 0 Å². The fraction of sp³-hybridized carbons (Fsp3) is 0.381. The van der Waals surface area contributed by atoms with Gasteiger partial charge in [0.1, 0.15) is 5.75 Å². The summed E-state index contributed by atoms with van der Waals surface area (Å²) in [5.74, 6) is 0.319. The van der Waals surface area contributed by atoms with Crippen LogP contribution in [0.4, 0.5) is 5.69 Å². The third-order valence-electron chi connectivity index (χ3n) is 4.73. The second-order valence-corrected chi connectivity index (χ2v) is 8.01. The smallest absolute Gasteiger partial charge is 0.259 e. The van der Waals surface area contributed by atoms with Crippen LogP contribution in [0.25, 0.3) is 0 Å². The molecule has 4 nitrogen and oxygen atoms in total. The van der Waals surface area contributed by atoms with Crippen molar-refractivity contribution in [3.05, 3.63) is 57.6 Å². The minimum absolute atomic E-state index is 0.134. The Kier molecular flexibility index (Phi) is 5.26. The molecule has 5 heteroatoms. The van der Waals surface area contributed by atoms with E-state index in [-0.39, 0.29) is 11.3 Å². The van der Waals surface area contributed by atoms with Gasteiger partial charge >= 0.3 is 0 Å². The van der Waals surface area contributed by atoms with Crippen molar-refractivity contribution in [3.8, 4) is 5.75 Å². The molecule has 138 valence electrons. The van der Waals surface area contributed by atoms with Crippen LogP contribution in [0.2, 0.25) is 5.02 Å². The van der Waals surface area contributed by atoms with E-state index in [1.54, 1.807) is 13.2 Å². The monoisotopic (exact) mass is 372 g/mol. The molecule has 0 atom stereocenters. The van der Waals surface area contributed by atoms with Gasteiger partial charge in [-0.05, 0) is 53.3 Å². The predicted molar refractivity (Wildman–Crippen MR) is 107 cm³/mol. The maximum atomic E-state index is 12.9. The maximum Gasteiger partial charge on any atom is 0.259 e. The van der Waals surface area contributed by atoms with E-state index in [1.807, 2.05) is 18.2 Å². The number of ether oxygens (including phenoxy) is 1. The zero-order chi connectivity index (χ0) is 18.9. The van der Waals surface area contributed by atoms with Gasteiger partial charge < -0.3 is 15.4 Å². The van der Waals surface area contributed by atoms with Crippen molar-refractivity contribution in [2.24, 2.45) is 0 Å². The zero-order valence-electron chi connectivity index (χ0n) is 15.7. The predicted octanol–water partition coefficient (Wildman–Crippen LogP) is 4.54. The lowest BCUT2D eigenvalue weighted by Crippen LogP contribution is -2.25. The molecule has 0 spiro atoms. The van der Waals surface area contributed by atoms with Gasteiger partial charge in [0, 0.05) is 17.3 Å². The zero-order valence-corrected chi connectivity index (χ0v) is 16.5. The van der Waals surface area contributed by atoms with E-state index in [9.17, 15) is 4.79 Å². The van der Waals surface area contributed by atoms with Gasteiger partial charge in [0.15, 0.2) is 0 Å². The highest BCUT2D eigenvalue weighted by atomic mass is 35.5. The first-order valence-corrected chi connectivity index (χ1v) is 9.20. The number of hydrogen-bond donors (Lipinski definition) is 2. The molecule has 0 fully saturated rings. The Bertz CT molecular complexity index is 841. The van der Waals surface area contributed by atoms with Crippen LogP contribution in [0.5, 0.6) is 5.75 Å². The molecular weight excluding hydrogens is 348 g/mol. The Morgan fingerprint density at radius 2 is 2.04 bits per heavy atom. The lowest BCUT2D eigenvalue weighted by atomic mass is 9.86. The SMILES string of the molecule is COc1cc(C(C)(C)C)c(Cl)cc1C(=O)Nc1cccc2c1CCNC2. The Morgan fingerprint density at radius 3 is 2.73 bits per heavy atom. The maximum absolute atomic E-state index is 12.9. The minimum Gasteiger partial charge on any atom is -0.496 e. The van der Waals surface area contributed by atoms with Gasteiger partial charge in [-0.2, -0.15) is 0 Å². The van der Waals surface area contributed by atoms with Crippen molar-refractivity contribution in [2.75, 3.05) is 19.0 Å². The summed E-state index contributed by atoms with van der Waals surface area (Å²) >= 11 is 6.46. The molecule has 1 aliphatic rings. The molecule has 0 saturated carbocycles. The van der Waals surface area contributed by atoms with Crippen LogP contribution in [-0.4, -0.2) is 19.6 Å². The Labute approximate surface area is 159 Å². The van der Waals surface area contributed by atoms with Crippen LogP contribution in [0.3, 0.4) is 0 Å². The summed E-state index contributed by atoms with van der Waals surface area (Å²) < 4.78 is 5.48. The number of carbonyl (C=O) groups is 1. The number of fused-ring (bicyclic) bond motifs is 1. The number of rotatable bonds is 3. The van der Waals surface area contributed by atoms with Gasteiger partial charge in [-0.1, -0.05) is 44.5 Å². The second-order valence-electron chi connectivity index (χ2n) is 7.61. The summed E-state index contributed by atoms with van der Waals surface area (Å²) in [5.41, 5.74) is 4.53. The molecule has 3 rings (SSSR count). The van der Waals surface area contributed by atoms with Crippen molar-refractivity contribution in [1.82, 2.24) is 5.32 Å². The van der Waals surface area contributed by atoms with Gasteiger partial charge in [-0.15, -0.1) is 0 Å². The van der Waals surface area contributed by atoms with E-state index >= 15 is 0 Å². The highest BCUT2D eigenvalue weighted by Crippen LogP contribution is 2.35.